The Morgan fingerprint density at radius 1 is 0.288 bits per heavy atom. The average Bonchev–Trinajstić information content (AvgIpc) is 3.20. The van der Waals surface area contributed by atoms with E-state index in [0.29, 0.717) is 0 Å². The molecule has 0 atom stereocenters. The zero-order chi connectivity index (χ0) is 35.4. The third kappa shape index (κ3) is 6.92. The van der Waals surface area contributed by atoms with Gasteiger partial charge in [0.2, 0.25) is 0 Å². The van der Waals surface area contributed by atoms with Gasteiger partial charge in [-0.05, 0) is 125 Å². The summed E-state index contributed by atoms with van der Waals surface area (Å²) in [4.78, 5) is 6.57. The molecule has 0 saturated heterocycles. The minimum absolute atomic E-state index is 1.09. The molecule has 0 aliphatic carbocycles. The lowest BCUT2D eigenvalue weighted by Crippen LogP contribution is -2.10. The van der Waals surface area contributed by atoms with Crippen LogP contribution in [0.3, 0.4) is 0 Å². The summed E-state index contributed by atoms with van der Waals surface area (Å²) in [7, 11) is 0. The summed E-state index contributed by atoms with van der Waals surface area (Å²) in [5, 5.41) is 0. The van der Waals surface area contributed by atoms with E-state index >= 15 is 0 Å². The number of rotatable bonds is 8. The fourth-order valence-electron chi connectivity index (χ4n) is 6.83. The predicted octanol–water partition coefficient (Wildman–Crippen LogP) is 13.8. The highest BCUT2D eigenvalue weighted by molar-refractivity contribution is 5.89. The molecule has 2 nitrogen and oxygen atoms in total. The molecule has 0 bridgehead atoms. The highest BCUT2D eigenvalue weighted by atomic mass is 15.1. The molecule has 0 spiro atoms. The van der Waals surface area contributed by atoms with Gasteiger partial charge in [0.1, 0.15) is 0 Å². The van der Waals surface area contributed by atoms with Crippen molar-refractivity contribution in [1.29, 1.82) is 0 Å². The zero-order valence-electron chi connectivity index (χ0n) is 29.8. The summed E-state index contributed by atoms with van der Waals surface area (Å²) in [5.74, 6) is 0. The van der Waals surface area contributed by atoms with Gasteiger partial charge >= 0.3 is 0 Å². The Balaban J connectivity index is 1.21. The van der Waals surface area contributed by atoms with Gasteiger partial charge in [-0.1, -0.05) is 144 Å². The second-order valence-electron chi connectivity index (χ2n) is 13.6. The van der Waals surface area contributed by atoms with Crippen molar-refractivity contribution in [2.45, 2.75) is 20.8 Å². The molecule has 250 valence electrons. The first-order valence-electron chi connectivity index (χ1n) is 17.8. The van der Waals surface area contributed by atoms with Gasteiger partial charge in [-0.15, -0.1) is 0 Å². The fourth-order valence-corrected chi connectivity index (χ4v) is 6.83. The van der Waals surface area contributed by atoms with E-state index in [9.17, 15) is 0 Å². The summed E-state index contributed by atoms with van der Waals surface area (Å²) in [5.41, 5.74) is 19.0. The Kier molecular flexibility index (Phi) is 9.04. The third-order valence-corrected chi connectivity index (χ3v) is 9.85. The average molecular weight is 669 g/mol. The molecule has 0 amide bonds. The van der Waals surface area contributed by atoms with Crippen molar-refractivity contribution in [3.8, 4) is 55.6 Å². The second-order valence-corrected chi connectivity index (χ2v) is 13.6. The molecule has 0 radical (unpaired) electrons. The lowest BCUT2D eigenvalue weighted by Gasteiger charge is -2.27. The van der Waals surface area contributed by atoms with Gasteiger partial charge < -0.3 is 4.90 Å². The molecule has 0 fully saturated rings. The molecular weight excluding hydrogens is 629 g/mol. The first-order chi connectivity index (χ1) is 25.5. The van der Waals surface area contributed by atoms with Crippen LogP contribution in [0.25, 0.3) is 55.6 Å². The van der Waals surface area contributed by atoms with Gasteiger partial charge in [-0.2, -0.15) is 0 Å². The molecule has 8 aromatic rings. The van der Waals surface area contributed by atoms with Crippen LogP contribution in [0, 0.1) is 20.8 Å². The molecule has 1 aromatic heterocycles. The maximum atomic E-state index is 4.21. The third-order valence-electron chi connectivity index (χ3n) is 9.85. The van der Waals surface area contributed by atoms with Crippen LogP contribution < -0.4 is 4.90 Å². The fraction of sp³-hybridized carbons (Fsp3) is 0.0600. The normalized spacial score (nSPS) is 11.0. The molecule has 1 heterocycles. The Morgan fingerprint density at radius 3 is 1.02 bits per heavy atom. The van der Waals surface area contributed by atoms with E-state index in [1.165, 1.54) is 61.2 Å². The van der Waals surface area contributed by atoms with Crippen LogP contribution in [-0.2, 0) is 0 Å². The number of hydrogen-bond acceptors (Lipinski definition) is 2. The lowest BCUT2D eigenvalue weighted by molar-refractivity contribution is 1.28. The highest BCUT2D eigenvalue weighted by Gasteiger charge is 2.17. The van der Waals surface area contributed by atoms with Crippen molar-refractivity contribution in [3.05, 3.63) is 205 Å². The van der Waals surface area contributed by atoms with Gasteiger partial charge in [0.15, 0.2) is 0 Å². The van der Waals surface area contributed by atoms with E-state index in [4.69, 9.17) is 0 Å². The molecule has 8 rings (SSSR count). The van der Waals surface area contributed by atoms with E-state index in [-0.39, 0.29) is 0 Å². The van der Waals surface area contributed by atoms with Crippen molar-refractivity contribution in [2.24, 2.45) is 0 Å². The van der Waals surface area contributed by atoms with Gasteiger partial charge in [0.05, 0.1) is 0 Å². The minimum Gasteiger partial charge on any atom is -0.310 e. The molecule has 2 heteroatoms. The number of aryl methyl sites for hydroxylation is 3. The highest BCUT2D eigenvalue weighted by Crippen LogP contribution is 2.42. The predicted molar refractivity (Wildman–Crippen MR) is 220 cm³/mol. The minimum atomic E-state index is 1.09. The Bertz CT molecular complexity index is 2410. The van der Waals surface area contributed by atoms with Crippen LogP contribution in [-0.4, -0.2) is 4.98 Å². The first kappa shape index (κ1) is 32.7. The van der Waals surface area contributed by atoms with Crippen molar-refractivity contribution >= 4 is 17.1 Å². The van der Waals surface area contributed by atoms with Gasteiger partial charge in [-0.3, -0.25) is 4.98 Å². The van der Waals surface area contributed by atoms with Crippen LogP contribution in [0.15, 0.2) is 188 Å². The molecule has 0 unspecified atom stereocenters. The molecule has 0 N–H and O–H groups in total. The maximum absolute atomic E-state index is 4.21. The van der Waals surface area contributed by atoms with Crippen LogP contribution in [0.4, 0.5) is 17.1 Å². The van der Waals surface area contributed by atoms with Gasteiger partial charge in [0, 0.05) is 29.5 Å². The number of anilines is 3. The summed E-state index contributed by atoms with van der Waals surface area (Å²) in [6.07, 6.45) is 3.69. The molecular formula is C50H40N2. The molecule has 0 aliphatic heterocycles. The smallest absolute Gasteiger partial charge is 0.0468 e. The van der Waals surface area contributed by atoms with E-state index < -0.39 is 0 Å². The van der Waals surface area contributed by atoms with Crippen molar-refractivity contribution in [1.82, 2.24) is 4.98 Å². The number of nitrogens with zero attached hydrogens (tertiary/aromatic N) is 2. The lowest BCUT2D eigenvalue weighted by atomic mass is 9.92. The van der Waals surface area contributed by atoms with E-state index in [0.717, 1.165) is 28.2 Å². The van der Waals surface area contributed by atoms with Crippen LogP contribution >= 0.6 is 0 Å². The molecule has 0 saturated carbocycles. The SMILES string of the molecule is Cc1ccc(-c2ccc(-c3ccc(N(c4ccc(-c5ccncc5)cc4)c4ccc(-c5ccc(C)cc5)c(-c5ccc(C)cc5)c4)cc3)cc2)cc1. The van der Waals surface area contributed by atoms with Crippen molar-refractivity contribution < 1.29 is 0 Å². The van der Waals surface area contributed by atoms with E-state index in [1.54, 1.807) is 0 Å². The summed E-state index contributed by atoms with van der Waals surface area (Å²) >= 11 is 0. The van der Waals surface area contributed by atoms with Crippen molar-refractivity contribution in [2.75, 3.05) is 4.90 Å². The summed E-state index contributed by atoms with van der Waals surface area (Å²) < 4.78 is 0. The zero-order valence-corrected chi connectivity index (χ0v) is 29.8. The maximum Gasteiger partial charge on any atom is 0.0468 e. The standard InChI is InChI=1S/C50H40N2/c1-35-4-10-38(11-5-35)39-16-18-40(19-17-39)41-20-24-46(25-21-41)52(47-26-22-42(23-27-47)43-30-32-51-33-31-43)48-28-29-49(44-12-6-36(2)7-13-44)50(34-48)45-14-8-37(3)9-15-45/h4-34H,1-3H3. The summed E-state index contributed by atoms with van der Waals surface area (Å²) in [6, 6.07) is 64.0. The van der Waals surface area contributed by atoms with Crippen LogP contribution in [0.1, 0.15) is 16.7 Å². The summed E-state index contributed by atoms with van der Waals surface area (Å²) in [6.45, 7) is 6.40. The second kappa shape index (κ2) is 14.4. The van der Waals surface area contributed by atoms with E-state index in [1.807, 2.05) is 12.4 Å². The van der Waals surface area contributed by atoms with Gasteiger partial charge in [-0.25, -0.2) is 0 Å². The quantitative estimate of drug-likeness (QED) is 0.160. The Hall–Kier alpha value is -6.51. The number of aromatic nitrogens is 1. The molecule has 52 heavy (non-hydrogen) atoms. The first-order valence-corrected chi connectivity index (χ1v) is 17.8. The molecule has 7 aromatic carbocycles. The van der Waals surface area contributed by atoms with Crippen LogP contribution in [0.2, 0.25) is 0 Å². The Morgan fingerprint density at radius 2 is 0.596 bits per heavy atom. The topological polar surface area (TPSA) is 16.1 Å². The molecule has 0 aliphatic rings. The number of hydrogen-bond donors (Lipinski definition) is 0. The van der Waals surface area contributed by atoms with E-state index in [2.05, 4.69) is 207 Å². The Labute approximate surface area is 307 Å². The number of benzene rings is 7. The monoisotopic (exact) mass is 668 g/mol. The van der Waals surface area contributed by atoms with Crippen LogP contribution in [0.5, 0.6) is 0 Å². The van der Waals surface area contributed by atoms with Gasteiger partial charge in [0.25, 0.3) is 0 Å². The van der Waals surface area contributed by atoms with Crippen molar-refractivity contribution in [3.63, 3.8) is 0 Å². The largest absolute Gasteiger partial charge is 0.310 e. The number of pyridine rings is 1.